The van der Waals surface area contributed by atoms with Crippen LogP contribution in [0.3, 0.4) is 0 Å². The van der Waals surface area contributed by atoms with Crippen molar-refractivity contribution in [1.29, 1.82) is 0 Å². The lowest BCUT2D eigenvalue weighted by Crippen LogP contribution is -2.36. The maximum atomic E-state index is 5.62. The van der Waals surface area contributed by atoms with Crippen molar-refractivity contribution in [2.45, 2.75) is 6.92 Å². The number of anilines is 1. The van der Waals surface area contributed by atoms with Gasteiger partial charge < -0.3 is 19.1 Å². The van der Waals surface area contributed by atoms with Crippen LogP contribution >= 0.6 is 15.9 Å². The Balaban J connectivity index is 1.74. The van der Waals surface area contributed by atoms with Gasteiger partial charge in [0.2, 0.25) is 0 Å². The van der Waals surface area contributed by atoms with Gasteiger partial charge in [-0.1, -0.05) is 0 Å². The van der Waals surface area contributed by atoms with Crippen LogP contribution in [0.15, 0.2) is 45.9 Å². The van der Waals surface area contributed by atoms with E-state index < -0.39 is 0 Å². The first-order valence-corrected chi connectivity index (χ1v) is 9.47. The lowest BCUT2D eigenvalue weighted by Gasteiger charge is -2.28. The van der Waals surface area contributed by atoms with Gasteiger partial charge in [-0.05, 0) is 64.8 Å². The summed E-state index contributed by atoms with van der Waals surface area (Å²) >= 11 is 3.54. The average molecular weight is 419 g/mol. The van der Waals surface area contributed by atoms with Crippen LogP contribution in [0, 0.1) is 0 Å². The van der Waals surface area contributed by atoms with Gasteiger partial charge in [0.1, 0.15) is 0 Å². The summed E-state index contributed by atoms with van der Waals surface area (Å²) in [7, 11) is 1.63. The molecule has 0 radical (unpaired) electrons. The van der Waals surface area contributed by atoms with Gasteiger partial charge in [0.05, 0.1) is 37.1 Å². The molecule has 0 aromatic heterocycles. The highest BCUT2D eigenvalue weighted by molar-refractivity contribution is 9.10. The van der Waals surface area contributed by atoms with E-state index in [-0.39, 0.29) is 0 Å². The van der Waals surface area contributed by atoms with Gasteiger partial charge in [-0.15, -0.1) is 0 Å². The zero-order chi connectivity index (χ0) is 18.4. The number of benzene rings is 2. The normalized spacial score (nSPS) is 14.7. The molecule has 0 N–H and O–H groups in total. The largest absolute Gasteiger partial charge is 0.493 e. The third-order valence-electron chi connectivity index (χ3n) is 4.13. The monoisotopic (exact) mass is 418 g/mol. The van der Waals surface area contributed by atoms with Gasteiger partial charge in [-0.3, -0.25) is 4.99 Å². The minimum Gasteiger partial charge on any atom is -0.493 e. The molecule has 1 aliphatic rings. The molecule has 3 rings (SSSR count). The molecule has 5 nitrogen and oxygen atoms in total. The van der Waals surface area contributed by atoms with Gasteiger partial charge in [-0.2, -0.15) is 0 Å². The number of halogens is 1. The Morgan fingerprint density at radius 2 is 1.92 bits per heavy atom. The van der Waals surface area contributed by atoms with E-state index in [0.717, 1.165) is 42.0 Å². The Kier molecular flexibility index (Phi) is 6.52. The number of morpholine rings is 1. The molecule has 1 aliphatic heterocycles. The first-order valence-electron chi connectivity index (χ1n) is 8.68. The van der Waals surface area contributed by atoms with E-state index in [2.05, 4.69) is 38.0 Å². The summed E-state index contributed by atoms with van der Waals surface area (Å²) in [5.74, 6) is 1.40. The Labute approximate surface area is 162 Å². The number of ether oxygens (including phenoxy) is 3. The van der Waals surface area contributed by atoms with Gasteiger partial charge in [-0.25, -0.2) is 0 Å². The van der Waals surface area contributed by atoms with Crippen molar-refractivity contribution < 1.29 is 14.2 Å². The lowest BCUT2D eigenvalue weighted by molar-refractivity contribution is 0.122. The minimum atomic E-state index is 0.581. The first-order chi connectivity index (χ1) is 12.7. The fourth-order valence-electron chi connectivity index (χ4n) is 2.82. The maximum Gasteiger partial charge on any atom is 0.175 e. The Hall–Kier alpha value is -2.05. The van der Waals surface area contributed by atoms with Crippen molar-refractivity contribution in [1.82, 2.24) is 0 Å². The summed E-state index contributed by atoms with van der Waals surface area (Å²) in [4.78, 5) is 6.89. The average Bonchev–Trinajstić information content (AvgIpc) is 2.69. The Morgan fingerprint density at radius 3 is 2.58 bits per heavy atom. The third kappa shape index (κ3) is 4.56. The molecular formula is C20H23BrN2O3. The van der Waals surface area contributed by atoms with Crippen LogP contribution in [0.4, 0.5) is 11.4 Å². The predicted molar refractivity (Wildman–Crippen MR) is 109 cm³/mol. The van der Waals surface area contributed by atoms with Gasteiger partial charge in [0, 0.05) is 25.0 Å². The zero-order valence-electron chi connectivity index (χ0n) is 15.1. The maximum absolute atomic E-state index is 5.62. The molecule has 1 saturated heterocycles. The fourth-order valence-corrected chi connectivity index (χ4v) is 3.39. The molecule has 0 aliphatic carbocycles. The first kappa shape index (κ1) is 18.7. The third-order valence-corrected chi connectivity index (χ3v) is 4.72. The summed E-state index contributed by atoms with van der Waals surface area (Å²) in [6.07, 6.45) is 1.83. The number of aliphatic imine (C=N–C) groups is 1. The van der Waals surface area contributed by atoms with Crippen molar-refractivity contribution in [2.75, 3.05) is 44.9 Å². The Morgan fingerprint density at radius 1 is 1.19 bits per heavy atom. The highest BCUT2D eigenvalue weighted by Crippen LogP contribution is 2.36. The van der Waals surface area contributed by atoms with Crippen LogP contribution in [-0.2, 0) is 4.74 Å². The summed E-state index contributed by atoms with van der Waals surface area (Å²) in [6.45, 7) is 5.97. The zero-order valence-corrected chi connectivity index (χ0v) is 16.7. The molecule has 0 atom stereocenters. The van der Waals surface area contributed by atoms with E-state index in [1.165, 1.54) is 5.69 Å². The highest BCUT2D eigenvalue weighted by atomic mass is 79.9. The predicted octanol–water partition coefficient (Wildman–Crippen LogP) is 4.44. The van der Waals surface area contributed by atoms with Crippen LogP contribution in [0.1, 0.15) is 12.5 Å². The van der Waals surface area contributed by atoms with E-state index in [9.17, 15) is 0 Å². The molecule has 0 amide bonds. The second-order valence-electron chi connectivity index (χ2n) is 5.84. The van der Waals surface area contributed by atoms with Gasteiger partial charge in [0.25, 0.3) is 0 Å². The highest BCUT2D eigenvalue weighted by Gasteiger charge is 2.11. The van der Waals surface area contributed by atoms with Crippen LogP contribution in [0.5, 0.6) is 11.5 Å². The molecule has 1 fully saturated rings. The van der Waals surface area contributed by atoms with Gasteiger partial charge >= 0.3 is 0 Å². The van der Waals surface area contributed by atoms with Crippen molar-refractivity contribution in [3.05, 3.63) is 46.4 Å². The molecule has 0 saturated carbocycles. The summed E-state index contributed by atoms with van der Waals surface area (Å²) in [5.41, 5.74) is 3.05. The molecule has 0 unspecified atom stereocenters. The molecular weight excluding hydrogens is 396 g/mol. The number of hydrogen-bond donors (Lipinski definition) is 0. The van der Waals surface area contributed by atoms with Crippen LogP contribution in [0.25, 0.3) is 0 Å². The number of nitrogens with zero attached hydrogens (tertiary/aromatic N) is 2. The Bertz CT molecular complexity index is 756. The van der Waals surface area contributed by atoms with Crippen molar-refractivity contribution >= 4 is 33.5 Å². The van der Waals surface area contributed by atoms with Crippen molar-refractivity contribution in [3.8, 4) is 11.5 Å². The van der Waals surface area contributed by atoms with Gasteiger partial charge in [0.15, 0.2) is 11.5 Å². The quantitative estimate of drug-likeness (QED) is 0.650. The summed E-state index contributed by atoms with van der Waals surface area (Å²) in [6, 6.07) is 12.2. The van der Waals surface area contributed by atoms with Crippen molar-refractivity contribution in [2.24, 2.45) is 4.99 Å². The van der Waals surface area contributed by atoms with E-state index in [1.807, 2.05) is 37.4 Å². The molecule has 2 aromatic carbocycles. The topological polar surface area (TPSA) is 43.3 Å². The standard InChI is InChI=1S/C20H23BrN2O3/c1-3-26-20-18(21)12-15(13-19(20)24-2)14-22-16-4-6-17(7-5-16)23-8-10-25-11-9-23/h4-7,12-14H,3,8-11H2,1-2H3. The van der Waals surface area contributed by atoms with E-state index >= 15 is 0 Å². The molecule has 1 heterocycles. The molecule has 26 heavy (non-hydrogen) atoms. The minimum absolute atomic E-state index is 0.581. The van der Waals surface area contributed by atoms with Crippen LogP contribution in [0.2, 0.25) is 0 Å². The number of rotatable bonds is 6. The number of methoxy groups -OCH3 is 1. The number of hydrogen-bond acceptors (Lipinski definition) is 5. The SMILES string of the molecule is CCOc1c(Br)cc(C=Nc2ccc(N3CCOCC3)cc2)cc1OC. The van der Waals surface area contributed by atoms with Crippen LogP contribution < -0.4 is 14.4 Å². The smallest absolute Gasteiger partial charge is 0.175 e. The second-order valence-corrected chi connectivity index (χ2v) is 6.70. The fraction of sp³-hybridized carbons (Fsp3) is 0.350. The van der Waals surface area contributed by atoms with E-state index in [1.54, 1.807) is 7.11 Å². The van der Waals surface area contributed by atoms with E-state index in [4.69, 9.17) is 14.2 Å². The summed E-state index contributed by atoms with van der Waals surface area (Å²) in [5, 5.41) is 0. The molecule has 138 valence electrons. The summed E-state index contributed by atoms with van der Waals surface area (Å²) < 4.78 is 17.3. The van der Waals surface area contributed by atoms with E-state index in [0.29, 0.717) is 18.1 Å². The molecule has 2 aromatic rings. The second kappa shape index (κ2) is 9.05. The van der Waals surface area contributed by atoms with Crippen molar-refractivity contribution in [3.63, 3.8) is 0 Å². The molecule has 6 heteroatoms. The lowest BCUT2D eigenvalue weighted by atomic mass is 10.2. The molecule has 0 spiro atoms. The van der Waals surface area contributed by atoms with Crippen LogP contribution in [-0.4, -0.2) is 46.2 Å². The molecule has 0 bridgehead atoms.